The van der Waals surface area contributed by atoms with Gasteiger partial charge in [0.15, 0.2) is 13.9 Å². The molecule has 0 radical (unpaired) electrons. The molecule has 4 aliphatic rings. The lowest BCUT2D eigenvalue weighted by Crippen LogP contribution is -2.46. The second-order valence-corrected chi connectivity index (χ2v) is 17.6. The number of rotatable bonds is 8. The van der Waals surface area contributed by atoms with E-state index in [2.05, 4.69) is 0 Å². The first-order chi connectivity index (χ1) is 21.9. The molecule has 0 saturated carbocycles. The minimum Gasteiger partial charge on any atom is -0.432 e. The number of fused-ring (bicyclic) bond motifs is 2. The van der Waals surface area contributed by atoms with E-state index in [1.807, 2.05) is 31.2 Å². The molecule has 0 aromatic heterocycles. The van der Waals surface area contributed by atoms with Crippen molar-refractivity contribution in [2.45, 2.75) is 88.4 Å². The summed E-state index contributed by atoms with van der Waals surface area (Å²) in [6.07, 6.45) is 2.87. The van der Waals surface area contributed by atoms with E-state index < -0.39 is 42.3 Å². The largest absolute Gasteiger partial charge is 0.432 e. The van der Waals surface area contributed by atoms with Gasteiger partial charge in [0, 0.05) is 54.4 Å². The quantitative estimate of drug-likeness (QED) is 0.248. The third-order valence-electron chi connectivity index (χ3n) is 10.3. The summed E-state index contributed by atoms with van der Waals surface area (Å²) in [5.74, 6) is -1.14. The van der Waals surface area contributed by atoms with Crippen LogP contribution in [0.4, 0.5) is 17.1 Å². The topological polar surface area (TPSA) is 154 Å². The van der Waals surface area contributed by atoms with E-state index in [0.29, 0.717) is 37.2 Å². The normalized spacial score (nSPS) is 28.0. The highest BCUT2D eigenvalue weighted by molar-refractivity contribution is 6.71. The van der Waals surface area contributed by atoms with Gasteiger partial charge in [0.1, 0.15) is 0 Å². The van der Waals surface area contributed by atoms with E-state index in [9.17, 15) is 34.4 Å². The van der Waals surface area contributed by atoms with Crippen molar-refractivity contribution in [3.05, 3.63) is 63.7 Å². The van der Waals surface area contributed by atoms with Crippen LogP contribution < -0.4 is 9.80 Å². The van der Waals surface area contributed by atoms with Gasteiger partial charge in [-0.1, -0.05) is 19.1 Å². The average Bonchev–Trinajstić information content (AvgIpc) is 3.68. The predicted octanol–water partition coefficient (Wildman–Crippen LogP) is 3.83. The summed E-state index contributed by atoms with van der Waals surface area (Å²) in [4.78, 5) is 68.9. The highest BCUT2D eigenvalue weighted by Crippen LogP contribution is 2.60. The maximum Gasteiger partial charge on any atom is 0.269 e. The molecule has 2 N–H and O–H groups in total. The van der Waals surface area contributed by atoms with Gasteiger partial charge in [-0.05, 0) is 62.5 Å². The van der Waals surface area contributed by atoms with E-state index >= 15 is 0 Å². The van der Waals surface area contributed by atoms with E-state index in [4.69, 9.17) is 4.74 Å². The van der Waals surface area contributed by atoms with Gasteiger partial charge in [-0.2, -0.15) is 0 Å². The molecule has 0 aliphatic carbocycles. The summed E-state index contributed by atoms with van der Waals surface area (Å²) in [6.45, 7) is 6.50. The molecule has 2 aromatic carbocycles. The highest BCUT2D eigenvalue weighted by Gasteiger charge is 2.66. The Morgan fingerprint density at radius 3 is 2.61 bits per heavy atom. The number of benzene rings is 2. The zero-order valence-electron chi connectivity index (χ0n) is 26.6. The first-order valence-electron chi connectivity index (χ1n) is 16.2. The summed E-state index contributed by atoms with van der Waals surface area (Å²) in [5, 5.41) is 21.7. The van der Waals surface area contributed by atoms with Crippen molar-refractivity contribution in [3.8, 4) is 0 Å². The van der Waals surface area contributed by atoms with Gasteiger partial charge in [-0.25, -0.2) is 0 Å². The molecule has 3 saturated heterocycles. The Balaban J connectivity index is 1.38. The standard InChI is InChI=1S/C33H42N4O8Si/c1-21-31(46(2,3)44)28(18-30(40)35-15-7-10-25(35)20-38)45-33(21)26-17-24(37(42)43)12-13-27(26)36(32(33)41)19-22-8-6-9-23(16-22)34-14-5-4-11-29(34)39/h6,8-9,12-13,16-17,21,25,28,31,38,44H,4-5,7,10-11,14-15,18-20H2,1-3H3/t21-,25+,28+,31-,33+/m1/s1. The summed E-state index contributed by atoms with van der Waals surface area (Å²) in [7, 11) is -3.08. The van der Waals surface area contributed by atoms with Crippen LogP contribution in [0.2, 0.25) is 18.6 Å². The predicted molar refractivity (Wildman–Crippen MR) is 173 cm³/mol. The SMILES string of the molecule is C[C@@H]1[C@@H]([Si](C)(C)O)[C@H](CC(=O)N2CCC[C@H]2CO)O[C@@]12C(=O)N(Cc1cccc(N3CCCCC3=O)c1)c1ccc([N+](=O)[O-])cc12. The maximum atomic E-state index is 14.8. The summed E-state index contributed by atoms with van der Waals surface area (Å²) in [6, 6.07) is 11.6. The molecular formula is C33H42N4O8Si. The lowest BCUT2D eigenvalue weighted by atomic mass is 9.82. The van der Waals surface area contributed by atoms with Crippen molar-refractivity contribution in [2.24, 2.45) is 5.92 Å². The van der Waals surface area contributed by atoms with Gasteiger partial charge in [0.05, 0.1) is 42.3 Å². The van der Waals surface area contributed by atoms with Gasteiger partial charge in [-0.15, -0.1) is 0 Å². The number of hydrogen-bond donors (Lipinski definition) is 2. The Hall–Kier alpha value is -3.65. The lowest BCUT2D eigenvalue weighted by molar-refractivity contribution is -0.385. The summed E-state index contributed by atoms with van der Waals surface area (Å²) in [5.41, 5.74) is 0.00296. The molecular weight excluding hydrogens is 608 g/mol. The highest BCUT2D eigenvalue weighted by atomic mass is 28.4. The van der Waals surface area contributed by atoms with Crippen LogP contribution in [-0.4, -0.2) is 77.6 Å². The van der Waals surface area contributed by atoms with Crippen molar-refractivity contribution in [1.82, 2.24) is 4.90 Å². The van der Waals surface area contributed by atoms with Gasteiger partial charge >= 0.3 is 0 Å². The van der Waals surface area contributed by atoms with E-state index in [0.717, 1.165) is 30.5 Å². The van der Waals surface area contributed by atoms with Gasteiger partial charge in [0.25, 0.3) is 11.6 Å². The Bertz CT molecular complexity index is 1560. The molecule has 246 valence electrons. The molecule has 0 bridgehead atoms. The third kappa shape index (κ3) is 5.42. The number of anilines is 2. The van der Waals surface area contributed by atoms with Crippen LogP contribution in [0, 0.1) is 16.0 Å². The van der Waals surface area contributed by atoms with Crippen LogP contribution in [0.25, 0.3) is 0 Å². The number of likely N-dealkylation sites (tertiary alicyclic amines) is 1. The van der Waals surface area contributed by atoms with Crippen LogP contribution in [-0.2, 0) is 31.3 Å². The number of aliphatic hydroxyl groups excluding tert-OH is 1. The number of amides is 3. The minimum absolute atomic E-state index is 0.0621. The molecule has 3 fully saturated rings. The molecule has 4 heterocycles. The average molecular weight is 651 g/mol. The van der Waals surface area contributed by atoms with Gasteiger partial charge in [-0.3, -0.25) is 24.5 Å². The number of nitrogens with zero attached hydrogens (tertiary/aromatic N) is 4. The number of carbonyl (C=O) groups excluding carboxylic acids is 3. The number of aliphatic hydroxyl groups is 1. The number of hydrogen-bond acceptors (Lipinski definition) is 8. The fraction of sp³-hybridized carbons (Fsp3) is 0.545. The molecule has 1 spiro atoms. The first-order valence-corrected chi connectivity index (χ1v) is 19.2. The number of ether oxygens (including phenoxy) is 1. The molecule has 6 rings (SSSR count). The number of non-ortho nitro benzene ring substituents is 1. The number of nitro groups is 1. The second-order valence-electron chi connectivity index (χ2n) is 13.7. The zero-order valence-corrected chi connectivity index (χ0v) is 27.6. The lowest BCUT2D eigenvalue weighted by Gasteiger charge is -2.32. The zero-order chi connectivity index (χ0) is 33.0. The van der Waals surface area contributed by atoms with Crippen molar-refractivity contribution >= 4 is 43.1 Å². The van der Waals surface area contributed by atoms with Crippen molar-refractivity contribution in [1.29, 1.82) is 0 Å². The Kier molecular flexibility index (Phi) is 8.55. The molecule has 2 aromatic rings. The van der Waals surface area contributed by atoms with Gasteiger partial charge in [0.2, 0.25) is 11.8 Å². The van der Waals surface area contributed by atoms with Crippen LogP contribution >= 0.6 is 0 Å². The van der Waals surface area contributed by atoms with E-state index in [1.54, 1.807) is 33.9 Å². The maximum absolute atomic E-state index is 14.8. The summed E-state index contributed by atoms with van der Waals surface area (Å²) < 4.78 is 6.73. The minimum atomic E-state index is -3.08. The molecule has 5 atom stereocenters. The Labute approximate surface area is 269 Å². The first kappa shape index (κ1) is 32.3. The molecule has 12 nitrogen and oxygen atoms in total. The number of carbonyl (C=O) groups is 3. The van der Waals surface area contributed by atoms with E-state index in [1.165, 1.54) is 12.1 Å². The fourth-order valence-corrected chi connectivity index (χ4v) is 10.8. The van der Waals surface area contributed by atoms with Crippen LogP contribution in [0.15, 0.2) is 42.5 Å². The smallest absolute Gasteiger partial charge is 0.269 e. The van der Waals surface area contributed by atoms with Crippen LogP contribution in [0.3, 0.4) is 0 Å². The van der Waals surface area contributed by atoms with Crippen molar-refractivity contribution in [3.63, 3.8) is 0 Å². The second kappa shape index (κ2) is 12.2. The number of piperidine rings is 1. The van der Waals surface area contributed by atoms with Crippen molar-refractivity contribution in [2.75, 3.05) is 29.5 Å². The molecule has 0 unspecified atom stereocenters. The monoisotopic (exact) mass is 650 g/mol. The van der Waals surface area contributed by atoms with Gasteiger partial charge < -0.3 is 29.3 Å². The van der Waals surface area contributed by atoms with Crippen LogP contribution in [0.1, 0.15) is 56.6 Å². The Morgan fingerprint density at radius 1 is 1.13 bits per heavy atom. The fourth-order valence-electron chi connectivity index (χ4n) is 8.26. The third-order valence-corrected chi connectivity index (χ3v) is 12.9. The molecule has 46 heavy (non-hydrogen) atoms. The van der Waals surface area contributed by atoms with E-state index in [-0.39, 0.29) is 43.1 Å². The van der Waals surface area contributed by atoms with Crippen LogP contribution in [0.5, 0.6) is 0 Å². The summed E-state index contributed by atoms with van der Waals surface area (Å²) >= 11 is 0. The molecule has 13 heteroatoms. The van der Waals surface area contributed by atoms with Crippen molar-refractivity contribution < 1.29 is 33.9 Å². The molecule has 3 amide bonds. The number of nitro benzene ring substituents is 1. The Morgan fingerprint density at radius 2 is 1.91 bits per heavy atom. The molecule has 4 aliphatic heterocycles.